The second-order valence-electron chi connectivity index (χ2n) is 8.41. The number of nitrogens with two attached hydrogens (primary N) is 1. The van der Waals surface area contributed by atoms with Crippen LogP contribution in [0.25, 0.3) is 0 Å². The van der Waals surface area contributed by atoms with Crippen molar-refractivity contribution < 1.29 is 19.9 Å². The van der Waals surface area contributed by atoms with Gasteiger partial charge in [-0.3, -0.25) is 4.79 Å². The highest BCUT2D eigenvalue weighted by Crippen LogP contribution is 2.27. The number of aliphatic carboxylic acids is 1. The lowest BCUT2D eigenvalue weighted by atomic mass is 9.80. The summed E-state index contributed by atoms with van der Waals surface area (Å²) < 4.78 is 0. The maximum absolute atomic E-state index is 11.8. The summed E-state index contributed by atoms with van der Waals surface area (Å²) in [6, 6.07) is 10.7. The van der Waals surface area contributed by atoms with Crippen LogP contribution in [-0.2, 0) is 11.2 Å². The van der Waals surface area contributed by atoms with Crippen molar-refractivity contribution in [1.82, 2.24) is 4.90 Å². The van der Waals surface area contributed by atoms with Crippen LogP contribution in [0.3, 0.4) is 0 Å². The molecule has 2 unspecified atom stereocenters. The molecule has 2 atom stereocenters. The molecule has 0 saturated carbocycles. The summed E-state index contributed by atoms with van der Waals surface area (Å²) in [5, 5.41) is 27.5. The van der Waals surface area contributed by atoms with E-state index in [-0.39, 0.29) is 12.4 Å². The van der Waals surface area contributed by atoms with E-state index in [9.17, 15) is 9.90 Å². The molecular formula is C21H35BN2O4. The third kappa shape index (κ3) is 7.20. The third-order valence-electron chi connectivity index (χ3n) is 6.06. The number of carboxylic acid groups (broad SMARTS) is 1. The van der Waals surface area contributed by atoms with Gasteiger partial charge in [0.1, 0.15) is 5.54 Å². The van der Waals surface area contributed by atoms with Crippen molar-refractivity contribution in [2.75, 3.05) is 13.1 Å². The van der Waals surface area contributed by atoms with E-state index in [0.29, 0.717) is 31.6 Å². The molecule has 0 bridgehead atoms. The number of hydrogen-bond acceptors (Lipinski definition) is 5. The van der Waals surface area contributed by atoms with Gasteiger partial charge in [-0.15, -0.1) is 0 Å². The highest BCUT2D eigenvalue weighted by Gasteiger charge is 2.37. The number of piperidine rings is 1. The van der Waals surface area contributed by atoms with Crippen molar-refractivity contribution in [2.45, 2.75) is 69.8 Å². The smallest absolute Gasteiger partial charge is 0.451 e. The average molecular weight is 390 g/mol. The molecule has 1 saturated heterocycles. The predicted molar refractivity (Wildman–Crippen MR) is 112 cm³/mol. The summed E-state index contributed by atoms with van der Waals surface area (Å²) in [4.78, 5) is 14.1. The molecule has 1 aliphatic rings. The van der Waals surface area contributed by atoms with Gasteiger partial charge < -0.3 is 25.8 Å². The molecule has 28 heavy (non-hydrogen) atoms. The van der Waals surface area contributed by atoms with Gasteiger partial charge in [0, 0.05) is 6.04 Å². The Bertz CT molecular complexity index is 593. The van der Waals surface area contributed by atoms with Crippen molar-refractivity contribution in [3.8, 4) is 0 Å². The fraction of sp³-hybridized carbons (Fsp3) is 0.667. The Hall–Kier alpha value is -1.41. The molecular weight excluding hydrogens is 355 g/mol. The Kier molecular flexibility index (Phi) is 8.95. The number of rotatable bonds is 11. The van der Waals surface area contributed by atoms with Gasteiger partial charge in [0.15, 0.2) is 0 Å². The van der Waals surface area contributed by atoms with E-state index in [4.69, 9.17) is 15.8 Å². The van der Waals surface area contributed by atoms with Crippen molar-refractivity contribution >= 4 is 13.1 Å². The average Bonchev–Trinajstić information content (AvgIpc) is 2.66. The summed E-state index contributed by atoms with van der Waals surface area (Å²) in [5.41, 5.74) is 6.36. The topological polar surface area (TPSA) is 107 Å². The Labute approximate surface area is 168 Å². The Morgan fingerprint density at radius 3 is 2.46 bits per heavy atom. The Balaban J connectivity index is 1.80. The Morgan fingerprint density at radius 2 is 1.89 bits per heavy atom. The molecule has 1 aliphatic heterocycles. The number of carboxylic acids is 1. The molecule has 0 amide bonds. The highest BCUT2D eigenvalue weighted by molar-refractivity contribution is 6.40. The first-order chi connectivity index (χ1) is 13.3. The van der Waals surface area contributed by atoms with Crippen LogP contribution in [0, 0.1) is 5.92 Å². The maximum atomic E-state index is 11.8. The zero-order valence-electron chi connectivity index (χ0n) is 17.0. The molecule has 156 valence electrons. The standard InChI is InChI=1S/C21H35BN2O4/c1-17(16-21(23,20(25)26)11-5-6-12-22(27)28)24-13-9-19(10-14-24)15-18-7-3-2-4-8-18/h2-4,7-8,17,19,27-28H,5-6,9-16,23H2,1H3,(H,25,26). The molecule has 7 heteroatoms. The van der Waals surface area contributed by atoms with E-state index in [2.05, 4.69) is 36.1 Å². The van der Waals surface area contributed by atoms with Gasteiger partial charge in [-0.2, -0.15) is 0 Å². The molecule has 0 spiro atoms. The lowest BCUT2D eigenvalue weighted by Gasteiger charge is -2.39. The number of carbonyl (C=O) groups is 1. The van der Waals surface area contributed by atoms with Crippen LogP contribution in [0.5, 0.6) is 0 Å². The minimum atomic E-state index is -1.34. The van der Waals surface area contributed by atoms with Crippen LogP contribution < -0.4 is 5.73 Å². The molecule has 6 nitrogen and oxygen atoms in total. The van der Waals surface area contributed by atoms with Gasteiger partial charge >= 0.3 is 13.1 Å². The van der Waals surface area contributed by atoms with E-state index in [0.717, 1.165) is 32.4 Å². The molecule has 0 aliphatic carbocycles. The van der Waals surface area contributed by atoms with Gasteiger partial charge in [-0.25, -0.2) is 0 Å². The molecule has 1 aromatic rings. The normalized spacial score (nSPS) is 19.1. The van der Waals surface area contributed by atoms with Crippen molar-refractivity contribution in [3.05, 3.63) is 35.9 Å². The minimum absolute atomic E-state index is 0.113. The number of nitrogens with zero attached hydrogens (tertiary/aromatic N) is 1. The molecule has 5 N–H and O–H groups in total. The van der Waals surface area contributed by atoms with E-state index in [1.165, 1.54) is 5.56 Å². The SMILES string of the molecule is CC(CC(N)(CCCCB(O)O)C(=O)O)N1CCC(Cc2ccccc2)CC1. The van der Waals surface area contributed by atoms with Crippen LogP contribution in [0.2, 0.25) is 6.32 Å². The van der Waals surface area contributed by atoms with Crippen LogP contribution in [0.1, 0.15) is 51.0 Å². The van der Waals surface area contributed by atoms with Crippen molar-refractivity contribution in [1.29, 1.82) is 0 Å². The zero-order valence-corrected chi connectivity index (χ0v) is 17.0. The number of likely N-dealkylation sites (tertiary alicyclic amines) is 1. The van der Waals surface area contributed by atoms with E-state index in [1.54, 1.807) is 0 Å². The summed E-state index contributed by atoms with van der Waals surface area (Å²) in [7, 11) is -1.34. The summed E-state index contributed by atoms with van der Waals surface area (Å²) in [6.07, 6.45) is 5.50. The van der Waals surface area contributed by atoms with Crippen LogP contribution in [-0.4, -0.2) is 57.8 Å². The van der Waals surface area contributed by atoms with Gasteiger partial charge in [0.25, 0.3) is 0 Å². The second kappa shape index (κ2) is 11.0. The summed E-state index contributed by atoms with van der Waals surface area (Å²) in [5.74, 6) is -0.291. The molecule has 1 heterocycles. The van der Waals surface area contributed by atoms with Gasteiger partial charge in [0.2, 0.25) is 0 Å². The summed E-state index contributed by atoms with van der Waals surface area (Å²) in [6.45, 7) is 4.02. The van der Waals surface area contributed by atoms with Gasteiger partial charge in [0.05, 0.1) is 0 Å². The predicted octanol–water partition coefficient (Wildman–Crippen LogP) is 2.14. The van der Waals surface area contributed by atoms with E-state index in [1.807, 2.05) is 6.07 Å². The number of hydrogen-bond donors (Lipinski definition) is 4. The van der Waals surface area contributed by atoms with Crippen LogP contribution in [0.4, 0.5) is 0 Å². The first-order valence-corrected chi connectivity index (χ1v) is 10.5. The third-order valence-corrected chi connectivity index (χ3v) is 6.06. The lowest BCUT2D eigenvalue weighted by Crippen LogP contribution is -2.53. The second-order valence-corrected chi connectivity index (χ2v) is 8.41. The zero-order chi connectivity index (χ0) is 20.6. The first kappa shape index (κ1) is 22.9. The number of unbranched alkanes of at least 4 members (excludes halogenated alkanes) is 1. The quantitative estimate of drug-likeness (QED) is 0.341. The Morgan fingerprint density at radius 1 is 1.25 bits per heavy atom. The van der Waals surface area contributed by atoms with Crippen LogP contribution >= 0.6 is 0 Å². The molecule has 1 aromatic carbocycles. The van der Waals surface area contributed by atoms with E-state index < -0.39 is 18.6 Å². The molecule has 0 radical (unpaired) electrons. The molecule has 1 fully saturated rings. The first-order valence-electron chi connectivity index (χ1n) is 10.5. The van der Waals surface area contributed by atoms with E-state index >= 15 is 0 Å². The minimum Gasteiger partial charge on any atom is -0.480 e. The van der Waals surface area contributed by atoms with Crippen molar-refractivity contribution in [2.24, 2.45) is 11.7 Å². The fourth-order valence-electron chi connectivity index (χ4n) is 4.27. The molecule has 0 aromatic heterocycles. The largest absolute Gasteiger partial charge is 0.480 e. The van der Waals surface area contributed by atoms with Crippen molar-refractivity contribution in [3.63, 3.8) is 0 Å². The monoisotopic (exact) mass is 390 g/mol. The summed E-state index contributed by atoms with van der Waals surface area (Å²) >= 11 is 0. The van der Waals surface area contributed by atoms with Gasteiger partial charge in [-0.1, -0.05) is 43.2 Å². The maximum Gasteiger partial charge on any atom is 0.451 e. The lowest BCUT2D eigenvalue weighted by molar-refractivity contribution is -0.144. The van der Waals surface area contributed by atoms with Gasteiger partial charge in [-0.05, 0) is 69.9 Å². The number of benzene rings is 1. The highest BCUT2D eigenvalue weighted by atomic mass is 16.4. The molecule has 2 rings (SSSR count). The fourth-order valence-corrected chi connectivity index (χ4v) is 4.27. The van der Waals surface area contributed by atoms with Crippen LogP contribution in [0.15, 0.2) is 30.3 Å².